The van der Waals surface area contributed by atoms with E-state index < -0.39 is 6.10 Å². The number of amides is 2. The Morgan fingerprint density at radius 3 is 2.70 bits per heavy atom. The van der Waals surface area contributed by atoms with E-state index in [0.717, 1.165) is 10.9 Å². The van der Waals surface area contributed by atoms with E-state index in [-0.39, 0.29) is 24.1 Å². The van der Waals surface area contributed by atoms with Gasteiger partial charge in [0, 0.05) is 18.8 Å². The van der Waals surface area contributed by atoms with Crippen LogP contribution in [0.2, 0.25) is 0 Å². The molecule has 1 atom stereocenters. The van der Waals surface area contributed by atoms with Gasteiger partial charge < -0.3 is 19.5 Å². The number of fused-ring (bicyclic) bond motifs is 1. The number of anilines is 1. The maximum absolute atomic E-state index is 13.2. The zero-order valence-electron chi connectivity index (χ0n) is 17.7. The minimum atomic E-state index is -0.719. The highest BCUT2D eigenvalue weighted by atomic mass is 32.2. The standard InChI is InChI=1S/C22H28N4O3S/c1-14-15(2)26(16-8-4-5-9-16)22(24-14)30-13-20(27)25-12-19(21(28)23-3)29-18-11-7-6-10-17(18)25/h6-7,10-11,16,19H,4-5,8-9,12-13H2,1-3H3,(H,23,28)/t19-/m1/s1. The number of aromatic nitrogens is 2. The second kappa shape index (κ2) is 8.71. The van der Waals surface area contributed by atoms with Crippen LogP contribution in [0.1, 0.15) is 43.1 Å². The van der Waals surface area contributed by atoms with Gasteiger partial charge in [-0.15, -0.1) is 0 Å². The third-order valence-corrected chi connectivity index (χ3v) is 6.92. The summed E-state index contributed by atoms with van der Waals surface area (Å²) in [4.78, 5) is 31.8. The first-order valence-electron chi connectivity index (χ1n) is 10.5. The number of imidazole rings is 1. The molecule has 2 aliphatic rings. The molecule has 1 aliphatic heterocycles. The normalized spacial score (nSPS) is 18.8. The number of rotatable bonds is 5. The average Bonchev–Trinajstić information content (AvgIpc) is 3.38. The molecule has 4 rings (SSSR count). The number of carbonyl (C=O) groups is 2. The number of benzene rings is 1. The Kier molecular flexibility index (Phi) is 6.04. The molecule has 1 aromatic carbocycles. The molecular formula is C22H28N4O3S. The van der Waals surface area contributed by atoms with Crippen molar-refractivity contribution < 1.29 is 14.3 Å². The highest BCUT2D eigenvalue weighted by molar-refractivity contribution is 7.99. The van der Waals surface area contributed by atoms with E-state index in [2.05, 4.69) is 16.8 Å². The van der Waals surface area contributed by atoms with Crippen molar-refractivity contribution >= 4 is 29.3 Å². The zero-order valence-corrected chi connectivity index (χ0v) is 18.5. The molecule has 0 unspecified atom stereocenters. The Balaban J connectivity index is 1.53. The summed E-state index contributed by atoms with van der Waals surface area (Å²) >= 11 is 1.48. The van der Waals surface area contributed by atoms with Crippen LogP contribution in [0.4, 0.5) is 5.69 Å². The van der Waals surface area contributed by atoms with Gasteiger partial charge in [0.2, 0.25) is 5.91 Å². The molecule has 30 heavy (non-hydrogen) atoms. The van der Waals surface area contributed by atoms with Crippen molar-refractivity contribution in [2.75, 3.05) is 24.2 Å². The largest absolute Gasteiger partial charge is 0.477 e. The molecule has 0 spiro atoms. The highest BCUT2D eigenvalue weighted by Gasteiger charge is 2.33. The fraction of sp³-hybridized carbons (Fsp3) is 0.500. The van der Waals surface area contributed by atoms with Gasteiger partial charge in [0.15, 0.2) is 11.3 Å². The molecule has 8 heteroatoms. The lowest BCUT2D eigenvalue weighted by atomic mass is 10.2. The molecule has 1 saturated carbocycles. The molecule has 2 amide bonds. The van der Waals surface area contributed by atoms with Crippen molar-refractivity contribution in [3.63, 3.8) is 0 Å². The lowest BCUT2D eigenvalue weighted by Crippen LogP contribution is -2.50. The zero-order chi connectivity index (χ0) is 21.3. The van der Waals surface area contributed by atoms with Crippen molar-refractivity contribution in [2.24, 2.45) is 0 Å². The van der Waals surface area contributed by atoms with Gasteiger partial charge in [0.05, 0.1) is 23.7 Å². The number of para-hydroxylation sites is 2. The minimum absolute atomic E-state index is 0.0547. The van der Waals surface area contributed by atoms with E-state index in [4.69, 9.17) is 9.72 Å². The molecule has 0 radical (unpaired) electrons. The lowest BCUT2D eigenvalue weighted by Gasteiger charge is -2.34. The number of aryl methyl sites for hydroxylation is 1. The van der Waals surface area contributed by atoms with Gasteiger partial charge in [-0.05, 0) is 38.8 Å². The lowest BCUT2D eigenvalue weighted by molar-refractivity contribution is -0.127. The maximum Gasteiger partial charge on any atom is 0.262 e. The third-order valence-electron chi connectivity index (χ3n) is 5.98. The number of thioether (sulfide) groups is 1. The van der Waals surface area contributed by atoms with Gasteiger partial charge in [-0.25, -0.2) is 4.98 Å². The minimum Gasteiger partial charge on any atom is -0.477 e. The van der Waals surface area contributed by atoms with Crippen LogP contribution in [0.15, 0.2) is 29.4 Å². The molecule has 2 heterocycles. The first kappa shape index (κ1) is 20.8. The van der Waals surface area contributed by atoms with Gasteiger partial charge in [0.25, 0.3) is 5.91 Å². The summed E-state index contributed by atoms with van der Waals surface area (Å²) in [6.07, 6.45) is 4.11. The number of ether oxygens (including phenoxy) is 1. The van der Waals surface area contributed by atoms with Gasteiger partial charge in [-0.1, -0.05) is 36.7 Å². The predicted molar refractivity (Wildman–Crippen MR) is 117 cm³/mol. The quantitative estimate of drug-likeness (QED) is 0.740. The Hall–Kier alpha value is -2.48. The maximum atomic E-state index is 13.2. The Bertz CT molecular complexity index is 952. The first-order valence-corrected chi connectivity index (χ1v) is 11.4. The molecule has 2 aromatic rings. The van der Waals surface area contributed by atoms with Crippen molar-refractivity contribution in [1.82, 2.24) is 14.9 Å². The SMILES string of the molecule is CNC(=O)[C@H]1CN(C(=O)CSc2nc(C)c(C)n2C2CCCC2)c2ccccc2O1. The number of hydrogen-bond donors (Lipinski definition) is 1. The van der Waals surface area contributed by atoms with Crippen LogP contribution in [0.3, 0.4) is 0 Å². The van der Waals surface area contributed by atoms with E-state index in [0.29, 0.717) is 17.5 Å². The van der Waals surface area contributed by atoms with Crippen LogP contribution in [0.5, 0.6) is 5.75 Å². The first-order chi connectivity index (χ1) is 14.5. The molecule has 0 saturated heterocycles. The van der Waals surface area contributed by atoms with Gasteiger partial charge in [-0.2, -0.15) is 0 Å². The second-order valence-electron chi connectivity index (χ2n) is 7.85. The van der Waals surface area contributed by atoms with Crippen LogP contribution < -0.4 is 15.0 Å². The van der Waals surface area contributed by atoms with Gasteiger partial charge >= 0.3 is 0 Å². The predicted octanol–water partition coefficient (Wildman–Crippen LogP) is 3.25. The summed E-state index contributed by atoms with van der Waals surface area (Å²) in [6, 6.07) is 7.83. The van der Waals surface area contributed by atoms with Crippen LogP contribution in [0, 0.1) is 13.8 Å². The molecule has 1 N–H and O–H groups in total. The fourth-order valence-corrected chi connectivity index (χ4v) is 5.30. The average molecular weight is 429 g/mol. The monoisotopic (exact) mass is 428 g/mol. The fourth-order valence-electron chi connectivity index (χ4n) is 4.26. The van der Waals surface area contributed by atoms with Crippen molar-refractivity contribution in [2.45, 2.75) is 56.8 Å². The number of hydrogen-bond acceptors (Lipinski definition) is 5. The molecule has 0 bridgehead atoms. The number of nitrogens with one attached hydrogen (secondary N) is 1. The summed E-state index contributed by atoms with van der Waals surface area (Å²) in [6.45, 7) is 4.34. The van der Waals surface area contributed by atoms with Gasteiger partial charge in [-0.3, -0.25) is 9.59 Å². The Morgan fingerprint density at radius 1 is 1.23 bits per heavy atom. The number of nitrogens with zero attached hydrogens (tertiary/aromatic N) is 3. The van der Waals surface area contributed by atoms with E-state index in [1.165, 1.54) is 43.1 Å². The van der Waals surface area contributed by atoms with Crippen molar-refractivity contribution in [1.29, 1.82) is 0 Å². The van der Waals surface area contributed by atoms with Crippen LogP contribution in [-0.4, -0.2) is 46.8 Å². The van der Waals surface area contributed by atoms with Crippen molar-refractivity contribution in [3.8, 4) is 5.75 Å². The summed E-state index contributed by atoms with van der Waals surface area (Å²) in [5, 5.41) is 3.52. The van der Waals surface area contributed by atoms with E-state index >= 15 is 0 Å². The molecule has 7 nitrogen and oxygen atoms in total. The summed E-state index contributed by atoms with van der Waals surface area (Å²) in [5.41, 5.74) is 2.91. The van der Waals surface area contributed by atoms with E-state index in [9.17, 15) is 9.59 Å². The molecule has 1 aromatic heterocycles. The number of likely N-dealkylation sites (N-methyl/N-ethyl adjacent to an activating group) is 1. The Morgan fingerprint density at radius 2 is 1.97 bits per heavy atom. The van der Waals surface area contributed by atoms with Crippen LogP contribution in [0.25, 0.3) is 0 Å². The third kappa shape index (κ3) is 3.93. The smallest absolute Gasteiger partial charge is 0.262 e. The summed E-state index contributed by atoms with van der Waals surface area (Å²) in [5.74, 6) is 0.519. The van der Waals surface area contributed by atoms with Crippen LogP contribution >= 0.6 is 11.8 Å². The summed E-state index contributed by atoms with van der Waals surface area (Å²) in [7, 11) is 1.57. The molecule has 160 valence electrons. The topological polar surface area (TPSA) is 76.5 Å². The second-order valence-corrected chi connectivity index (χ2v) is 8.80. The van der Waals surface area contributed by atoms with Crippen molar-refractivity contribution in [3.05, 3.63) is 35.7 Å². The molecule has 1 fully saturated rings. The van der Waals surface area contributed by atoms with Gasteiger partial charge in [0.1, 0.15) is 5.75 Å². The highest BCUT2D eigenvalue weighted by Crippen LogP contribution is 2.37. The molecular weight excluding hydrogens is 400 g/mol. The van der Waals surface area contributed by atoms with E-state index in [1.54, 1.807) is 18.0 Å². The van der Waals surface area contributed by atoms with Crippen LogP contribution in [-0.2, 0) is 9.59 Å². The molecule has 1 aliphatic carbocycles. The Labute approximate surface area is 181 Å². The van der Waals surface area contributed by atoms with E-state index in [1.807, 2.05) is 25.1 Å². The number of carbonyl (C=O) groups excluding carboxylic acids is 2. The summed E-state index contributed by atoms with van der Waals surface area (Å²) < 4.78 is 8.12.